The van der Waals surface area contributed by atoms with Gasteiger partial charge in [-0.3, -0.25) is 4.79 Å². The number of carbonyl (C=O) groups is 1. The van der Waals surface area contributed by atoms with Gasteiger partial charge in [0.25, 0.3) is 0 Å². The molecule has 1 saturated heterocycles. The number of benzene rings is 1. The molecule has 1 aromatic carbocycles. The Labute approximate surface area is 117 Å². The number of halogens is 1. The van der Waals surface area contributed by atoms with E-state index in [1.165, 1.54) is 5.69 Å². The van der Waals surface area contributed by atoms with E-state index in [-0.39, 0.29) is 5.91 Å². The van der Waals surface area contributed by atoms with Crippen LogP contribution in [-0.4, -0.2) is 37.0 Å². The van der Waals surface area contributed by atoms with Crippen molar-refractivity contribution in [3.05, 3.63) is 28.7 Å². The summed E-state index contributed by atoms with van der Waals surface area (Å²) >= 11 is 3.50. The molecule has 4 heteroatoms. The third-order valence-electron chi connectivity index (χ3n) is 3.67. The Morgan fingerprint density at radius 1 is 1.39 bits per heavy atom. The van der Waals surface area contributed by atoms with Gasteiger partial charge in [0.1, 0.15) is 0 Å². The molecule has 0 unspecified atom stereocenters. The highest BCUT2D eigenvalue weighted by Crippen LogP contribution is 2.24. The predicted molar refractivity (Wildman–Crippen MR) is 77.8 cm³/mol. The average Bonchev–Trinajstić information content (AvgIpc) is 2.38. The van der Waals surface area contributed by atoms with Crippen molar-refractivity contribution in [3.8, 4) is 0 Å². The molecule has 0 N–H and O–H groups in total. The molecule has 1 fully saturated rings. The number of piperidine rings is 1. The number of rotatable bonds is 2. The minimum Gasteiger partial charge on any atom is -0.371 e. The van der Waals surface area contributed by atoms with Crippen LogP contribution in [0.1, 0.15) is 19.8 Å². The van der Waals surface area contributed by atoms with Gasteiger partial charge in [-0.05, 0) is 31.0 Å². The maximum atomic E-state index is 11.3. The van der Waals surface area contributed by atoms with Gasteiger partial charge in [0, 0.05) is 43.3 Å². The molecule has 0 aromatic heterocycles. The molecule has 98 valence electrons. The number of nitrogens with zero attached hydrogens (tertiary/aromatic N) is 2. The molecule has 0 spiro atoms. The van der Waals surface area contributed by atoms with E-state index in [0.717, 1.165) is 30.4 Å². The van der Waals surface area contributed by atoms with E-state index >= 15 is 0 Å². The fraction of sp³-hybridized carbons (Fsp3) is 0.500. The molecule has 2 rings (SSSR count). The third-order valence-corrected chi connectivity index (χ3v) is 4.17. The van der Waals surface area contributed by atoms with E-state index in [1.807, 2.05) is 11.0 Å². The summed E-state index contributed by atoms with van der Waals surface area (Å²) < 4.78 is 1.10. The summed E-state index contributed by atoms with van der Waals surface area (Å²) in [4.78, 5) is 15.6. The van der Waals surface area contributed by atoms with Crippen molar-refractivity contribution in [1.82, 2.24) is 4.90 Å². The Morgan fingerprint density at radius 3 is 2.61 bits per heavy atom. The summed E-state index contributed by atoms with van der Waals surface area (Å²) in [6, 6.07) is 8.88. The van der Waals surface area contributed by atoms with Crippen molar-refractivity contribution in [2.45, 2.75) is 25.8 Å². The van der Waals surface area contributed by atoms with E-state index in [9.17, 15) is 4.79 Å². The van der Waals surface area contributed by atoms with E-state index in [4.69, 9.17) is 0 Å². The van der Waals surface area contributed by atoms with Crippen molar-refractivity contribution in [2.24, 2.45) is 0 Å². The number of hydrogen-bond donors (Lipinski definition) is 0. The van der Waals surface area contributed by atoms with Gasteiger partial charge in [0.15, 0.2) is 0 Å². The summed E-state index contributed by atoms with van der Waals surface area (Å²) in [6.45, 7) is 3.40. The first-order valence-electron chi connectivity index (χ1n) is 6.32. The van der Waals surface area contributed by atoms with Crippen LogP contribution in [0.15, 0.2) is 28.7 Å². The Morgan fingerprint density at radius 2 is 2.06 bits per heavy atom. The molecule has 0 radical (unpaired) electrons. The molecule has 3 nitrogen and oxygen atoms in total. The maximum absolute atomic E-state index is 11.3. The van der Waals surface area contributed by atoms with Gasteiger partial charge in [-0.1, -0.05) is 22.0 Å². The Balaban J connectivity index is 1.99. The fourth-order valence-corrected chi connectivity index (χ4v) is 2.86. The first-order chi connectivity index (χ1) is 8.58. The highest BCUT2D eigenvalue weighted by Gasteiger charge is 2.23. The summed E-state index contributed by atoms with van der Waals surface area (Å²) in [6.07, 6.45) is 2.09. The topological polar surface area (TPSA) is 23.6 Å². The van der Waals surface area contributed by atoms with Crippen molar-refractivity contribution in [2.75, 3.05) is 25.0 Å². The van der Waals surface area contributed by atoms with Crippen LogP contribution >= 0.6 is 15.9 Å². The van der Waals surface area contributed by atoms with E-state index in [0.29, 0.717) is 6.04 Å². The third kappa shape index (κ3) is 3.05. The molecule has 1 amide bonds. The molecular weight excluding hydrogens is 292 g/mol. The van der Waals surface area contributed by atoms with Crippen molar-refractivity contribution < 1.29 is 4.79 Å². The summed E-state index contributed by atoms with van der Waals surface area (Å²) in [5.74, 6) is 0.193. The van der Waals surface area contributed by atoms with Crippen molar-refractivity contribution in [1.29, 1.82) is 0 Å². The number of carbonyl (C=O) groups excluding carboxylic acids is 1. The molecule has 0 saturated carbocycles. The lowest BCUT2D eigenvalue weighted by Crippen LogP contribution is -2.45. The van der Waals surface area contributed by atoms with Gasteiger partial charge in [-0.25, -0.2) is 0 Å². The molecule has 0 atom stereocenters. The van der Waals surface area contributed by atoms with E-state index in [2.05, 4.69) is 46.1 Å². The number of amides is 1. The smallest absolute Gasteiger partial charge is 0.219 e. The van der Waals surface area contributed by atoms with Gasteiger partial charge in [0.05, 0.1) is 0 Å². The lowest BCUT2D eigenvalue weighted by Gasteiger charge is -2.37. The molecule has 0 bridgehead atoms. The Kier molecular flexibility index (Phi) is 4.27. The summed E-state index contributed by atoms with van der Waals surface area (Å²) in [5, 5.41) is 0. The minimum absolute atomic E-state index is 0.193. The van der Waals surface area contributed by atoms with E-state index < -0.39 is 0 Å². The summed E-state index contributed by atoms with van der Waals surface area (Å²) in [5.41, 5.74) is 1.23. The second kappa shape index (κ2) is 5.74. The van der Waals surface area contributed by atoms with Gasteiger partial charge in [-0.2, -0.15) is 0 Å². The number of hydrogen-bond acceptors (Lipinski definition) is 2. The predicted octanol–water partition coefficient (Wildman–Crippen LogP) is 2.90. The summed E-state index contributed by atoms with van der Waals surface area (Å²) in [7, 11) is 2.13. The van der Waals surface area contributed by atoms with Crippen molar-refractivity contribution >= 4 is 27.5 Å². The maximum Gasteiger partial charge on any atom is 0.219 e. The number of likely N-dealkylation sites (tertiary alicyclic amines) is 1. The highest BCUT2D eigenvalue weighted by molar-refractivity contribution is 9.10. The Hall–Kier alpha value is -1.03. The fourth-order valence-electron chi connectivity index (χ4n) is 2.47. The van der Waals surface area contributed by atoms with Crippen LogP contribution < -0.4 is 4.90 Å². The van der Waals surface area contributed by atoms with Gasteiger partial charge < -0.3 is 9.80 Å². The quantitative estimate of drug-likeness (QED) is 0.838. The van der Waals surface area contributed by atoms with Crippen LogP contribution in [0.3, 0.4) is 0 Å². The van der Waals surface area contributed by atoms with Crippen LogP contribution in [-0.2, 0) is 4.79 Å². The van der Waals surface area contributed by atoms with Gasteiger partial charge in [0.2, 0.25) is 5.91 Å². The average molecular weight is 311 g/mol. The second-order valence-electron chi connectivity index (χ2n) is 4.83. The monoisotopic (exact) mass is 310 g/mol. The largest absolute Gasteiger partial charge is 0.371 e. The zero-order chi connectivity index (χ0) is 13.1. The molecule has 1 aromatic rings. The van der Waals surface area contributed by atoms with E-state index in [1.54, 1.807) is 6.92 Å². The standard InChI is InChI=1S/C14H19BrN2O/c1-11(18)17-8-6-13(7-9-17)16(2)14-5-3-4-12(15)10-14/h3-5,10,13H,6-9H2,1-2H3. The highest BCUT2D eigenvalue weighted by atomic mass is 79.9. The molecule has 1 heterocycles. The second-order valence-corrected chi connectivity index (χ2v) is 5.74. The zero-order valence-corrected chi connectivity index (χ0v) is 12.5. The molecule has 1 aliphatic heterocycles. The van der Waals surface area contributed by atoms with Crippen LogP contribution in [0.25, 0.3) is 0 Å². The SMILES string of the molecule is CC(=O)N1CCC(N(C)c2cccc(Br)c2)CC1. The van der Waals surface area contributed by atoms with Gasteiger partial charge in [-0.15, -0.1) is 0 Å². The lowest BCUT2D eigenvalue weighted by molar-refractivity contribution is -0.129. The molecule has 1 aliphatic rings. The van der Waals surface area contributed by atoms with Crippen LogP contribution in [0.5, 0.6) is 0 Å². The minimum atomic E-state index is 0.193. The van der Waals surface area contributed by atoms with Crippen molar-refractivity contribution in [3.63, 3.8) is 0 Å². The van der Waals surface area contributed by atoms with Crippen LogP contribution in [0, 0.1) is 0 Å². The van der Waals surface area contributed by atoms with Crippen LogP contribution in [0.4, 0.5) is 5.69 Å². The normalized spacial score (nSPS) is 16.7. The molecule has 0 aliphatic carbocycles. The lowest BCUT2D eigenvalue weighted by atomic mass is 10.0. The number of anilines is 1. The first kappa shape index (κ1) is 13.4. The Bertz CT molecular complexity index is 428. The zero-order valence-electron chi connectivity index (χ0n) is 10.9. The van der Waals surface area contributed by atoms with Crippen LogP contribution in [0.2, 0.25) is 0 Å². The van der Waals surface area contributed by atoms with Gasteiger partial charge >= 0.3 is 0 Å². The molecular formula is C14H19BrN2O. The first-order valence-corrected chi connectivity index (χ1v) is 7.11. The molecule has 18 heavy (non-hydrogen) atoms.